The average molecular weight is 336 g/mol. The van der Waals surface area contributed by atoms with Crippen molar-refractivity contribution in [2.75, 3.05) is 26.8 Å². The first-order valence-electron chi connectivity index (χ1n) is 8.53. The van der Waals surface area contributed by atoms with Crippen LogP contribution in [0.1, 0.15) is 44.8 Å². The molecule has 0 saturated heterocycles. The summed E-state index contributed by atoms with van der Waals surface area (Å²) in [6.45, 7) is 8.50. The molecule has 134 valence electrons. The topological polar surface area (TPSA) is 76.5 Å². The number of ether oxygens (including phenoxy) is 1. The van der Waals surface area contributed by atoms with E-state index in [1.165, 1.54) is 0 Å². The minimum atomic E-state index is -0.0668. The van der Waals surface area contributed by atoms with Crippen LogP contribution in [0.25, 0.3) is 0 Å². The van der Waals surface area contributed by atoms with E-state index in [-0.39, 0.29) is 24.3 Å². The summed E-state index contributed by atoms with van der Waals surface area (Å²) in [5.41, 5.74) is 0.741. The van der Waals surface area contributed by atoms with Crippen molar-refractivity contribution in [1.82, 2.24) is 19.8 Å². The van der Waals surface area contributed by atoms with Crippen LogP contribution < -0.4 is 5.32 Å². The summed E-state index contributed by atoms with van der Waals surface area (Å²) >= 11 is 0. The van der Waals surface area contributed by atoms with Gasteiger partial charge in [0.1, 0.15) is 5.82 Å². The van der Waals surface area contributed by atoms with E-state index in [4.69, 9.17) is 4.74 Å². The molecule has 1 N–H and O–H groups in total. The molecule has 0 bridgehead atoms. The first-order valence-corrected chi connectivity index (χ1v) is 8.53. The molecule has 0 fully saturated rings. The first-order chi connectivity index (χ1) is 11.4. The van der Waals surface area contributed by atoms with E-state index in [0.717, 1.165) is 18.1 Å². The van der Waals surface area contributed by atoms with Crippen LogP contribution in [-0.4, -0.2) is 53.1 Å². The van der Waals surface area contributed by atoms with E-state index in [1.54, 1.807) is 7.11 Å². The van der Waals surface area contributed by atoms with Crippen molar-refractivity contribution in [3.05, 3.63) is 17.7 Å². The molecule has 1 atom stereocenters. The second-order valence-corrected chi connectivity index (χ2v) is 6.66. The average Bonchev–Trinajstić information content (AvgIpc) is 2.90. The van der Waals surface area contributed by atoms with E-state index >= 15 is 0 Å². The molecule has 1 aliphatic heterocycles. The molecule has 1 aliphatic rings. The fourth-order valence-electron chi connectivity index (χ4n) is 2.96. The molecule has 0 radical (unpaired) electrons. The minimum absolute atomic E-state index is 0.0599. The van der Waals surface area contributed by atoms with E-state index in [0.29, 0.717) is 32.0 Å². The number of hydrogen-bond donors (Lipinski definition) is 1. The molecule has 0 aromatic carbocycles. The van der Waals surface area contributed by atoms with Gasteiger partial charge in [0.05, 0.1) is 24.8 Å². The zero-order valence-corrected chi connectivity index (χ0v) is 15.0. The van der Waals surface area contributed by atoms with Crippen molar-refractivity contribution >= 4 is 11.8 Å². The molecule has 0 unspecified atom stereocenters. The molecular weight excluding hydrogens is 308 g/mol. The molecular formula is C17H28N4O3. The van der Waals surface area contributed by atoms with Crippen molar-refractivity contribution in [2.24, 2.45) is 5.92 Å². The molecule has 2 amide bonds. The Hall–Kier alpha value is -1.89. The molecule has 2 rings (SSSR count). The third-order valence-corrected chi connectivity index (χ3v) is 4.15. The second kappa shape index (κ2) is 8.28. The summed E-state index contributed by atoms with van der Waals surface area (Å²) < 4.78 is 6.97. The smallest absolute Gasteiger partial charge is 0.226 e. The van der Waals surface area contributed by atoms with Crippen LogP contribution >= 0.6 is 0 Å². The van der Waals surface area contributed by atoms with Gasteiger partial charge in [0.25, 0.3) is 0 Å². The summed E-state index contributed by atoms with van der Waals surface area (Å²) in [6.07, 6.45) is 2.72. The van der Waals surface area contributed by atoms with Crippen molar-refractivity contribution in [3.8, 4) is 0 Å². The van der Waals surface area contributed by atoms with Crippen LogP contribution in [0.15, 0.2) is 6.20 Å². The first kappa shape index (κ1) is 18.4. The van der Waals surface area contributed by atoms with Gasteiger partial charge >= 0.3 is 0 Å². The molecule has 0 saturated carbocycles. The molecule has 7 heteroatoms. The van der Waals surface area contributed by atoms with Crippen LogP contribution in [0.4, 0.5) is 0 Å². The summed E-state index contributed by atoms with van der Waals surface area (Å²) in [5.74, 6) is 1.31. The Kier molecular flexibility index (Phi) is 6.36. The van der Waals surface area contributed by atoms with Gasteiger partial charge in [-0.2, -0.15) is 0 Å². The van der Waals surface area contributed by atoms with Crippen molar-refractivity contribution in [2.45, 2.75) is 46.2 Å². The Balaban J connectivity index is 2.00. The number of aromatic nitrogens is 2. The highest BCUT2D eigenvalue weighted by molar-refractivity contribution is 5.78. The van der Waals surface area contributed by atoms with Crippen LogP contribution in [0.5, 0.6) is 0 Å². The van der Waals surface area contributed by atoms with Gasteiger partial charge in [-0.25, -0.2) is 4.98 Å². The number of nitrogens with one attached hydrogen (secondary N) is 1. The zero-order chi connectivity index (χ0) is 17.7. The number of rotatable bonds is 7. The SMILES string of the molecule is COCCNC(=O)Cc1cn2c(n1)[C@@H](C)N(C(=O)CC(C)C)CC2. The van der Waals surface area contributed by atoms with Gasteiger partial charge < -0.3 is 19.5 Å². The van der Waals surface area contributed by atoms with E-state index in [2.05, 4.69) is 14.9 Å². The number of methoxy groups -OCH3 is 1. The fraction of sp³-hybridized carbons (Fsp3) is 0.706. The van der Waals surface area contributed by atoms with Crippen molar-refractivity contribution < 1.29 is 14.3 Å². The summed E-state index contributed by atoms with van der Waals surface area (Å²) in [5, 5.41) is 2.79. The predicted octanol–water partition coefficient (Wildman–Crippen LogP) is 1.14. The summed E-state index contributed by atoms with van der Waals surface area (Å²) in [7, 11) is 1.60. The highest BCUT2D eigenvalue weighted by Gasteiger charge is 2.29. The Bertz CT molecular complexity index is 582. The zero-order valence-electron chi connectivity index (χ0n) is 15.0. The number of nitrogens with zero attached hydrogens (tertiary/aromatic N) is 3. The number of imidazole rings is 1. The Morgan fingerprint density at radius 3 is 2.83 bits per heavy atom. The van der Waals surface area contributed by atoms with E-state index in [9.17, 15) is 9.59 Å². The third kappa shape index (κ3) is 4.56. The maximum Gasteiger partial charge on any atom is 0.226 e. The minimum Gasteiger partial charge on any atom is -0.383 e. The largest absolute Gasteiger partial charge is 0.383 e. The lowest BCUT2D eigenvalue weighted by atomic mass is 10.1. The van der Waals surface area contributed by atoms with Crippen LogP contribution in [-0.2, 0) is 27.3 Å². The third-order valence-electron chi connectivity index (χ3n) is 4.15. The molecule has 0 aliphatic carbocycles. The maximum absolute atomic E-state index is 12.4. The van der Waals surface area contributed by atoms with Gasteiger partial charge in [0, 0.05) is 39.4 Å². The normalized spacial score (nSPS) is 17.0. The standard InChI is InChI=1S/C17H28N4O3/c1-12(2)9-16(23)21-7-6-20-11-14(19-17(20)13(21)3)10-15(22)18-5-8-24-4/h11-13H,5-10H2,1-4H3,(H,18,22)/t13-/m1/s1. The highest BCUT2D eigenvalue weighted by Crippen LogP contribution is 2.26. The van der Waals surface area contributed by atoms with Gasteiger partial charge in [0.2, 0.25) is 11.8 Å². The second-order valence-electron chi connectivity index (χ2n) is 6.66. The fourth-order valence-corrected chi connectivity index (χ4v) is 2.96. The van der Waals surface area contributed by atoms with Gasteiger partial charge in [-0.05, 0) is 12.8 Å². The molecule has 0 spiro atoms. The van der Waals surface area contributed by atoms with Gasteiger partial charge in [0.15, 0.2) is 0 Å². The van der Waals surface area contributed by atoms with E-state index in [1.807, 2.05) is 31.9 Å². The number of hydrogen-bond acceptors (Lipinski definition) is 4. The lowest BCUT2D eigenvalue weighted by Gasteiger charge is -2.34. The number of fused-ring (bicyclic) bond motifs is 1. The predicted molar refractivity (Wildman–Crippen MR) is 90.4 cm³/mol. The van der Waals surface area contributed by atoms with Gasteiger partial charge in [-0.3, -0.25) is 9.59 Å². The van der Waals surface area contributed by atoms with Crippen molar-refractivity contribution in [1.29, 1.82) is 0 Å². The lowest BCUT2D eigenvalue weighted by molar-refractivity contribution is -0.135. The van der Waals surface area contributed by atoms with Crippen LogP contribution in [0.3, 0.4) is 0 Å². The molecule has 2 heterocycles. The van der Waals surface area contributed by atoms with E-state index < -0.39 is 0 Å². The monoisotopic (exact) mass is 336 g/mol. The summed E-state index contributed by atoms with van der Waals surface area (Å²) in [6, 6.07) is -0.0599. The number of amides is 2. The van der Waals surface area contributed by atoms with Gasteiger partial charge in [-0.1, -0.05) is 13.8 Å². The van der Waals surface area contributed by atoms with Crippen LogP contribution in [0.2, 0.25) is 0 Å². The summed E-state index contributed by atoms with van der Waals surface area (Å²) in [4.78, 5) is 30.8. The number of carbonyl (C=O) groups excluding carboxylic acids is 2. The Morgan fingerprint density at radius 1 is 1.42 bits per heavy atom. The maximum atomic E-state index is 12.4. The lowest BCUT2D eigenvalue weighted by Crippen LogP contribution is -2.41. The number of carbonyl (C=O) groups is 2. The quantitative estimate of drug-likeness (QED) is 0.758. The Morgan fingerprint density at radius 2 is 2.17 bits per heavy atom. The van der Waals surface area contributed by atoms with Crippen molar-refractivity contribution in [3.63, 3.8) is 0 Å². The molecule has 1 aromatic rings. The molecule has 24 heavy (non-hydrogen) atoms. The highest BCUT2D eigenvalue weighted by atomic mass is 16.5. The molecule has 7 nitrogen and oxygen atoms in total. The Labute approximate surface area is 143 Å². The van der Waals surface area contributed by atoms with Gasteiger partial charge in [-0.15, -0.1) is 0 Å². The van der Waals surface area contributed by atoms with Crippen LogP contribution in [0, 0.1) is 5.92 Å². The molecule has 1 aromatic heterocycles.